The lowest BCUT2D eigenvalue weighted by atomic mass is 10.1. The van der Waals surface area contributed by atoms with Gasteiger partial charge in [-0.05, 0) is 12.5 Å². The summed E-state index contributed by atoms with van der Waals surface area (Å²) in [5, 5.41) is 15.9. The molecular formula is C15H14N6O3S. The van der Waals surface area contributed by atoms with E-state index in [1.165, 1.54) is 6.07 Å². The Morgan fingerprint density at radius 2 is 1.88 bits per heavy atom. The summed E-state index contributed by atoms with van der Waals surface area (Å²) in [5.41, 5.74) is 0.909. The lowest BCUT2D eigenvalue weighted by Crippen LogP contribution is -1.99. The topological polar surface area (TPSA) is 142 Å². The normalized spacial score (nSPS) is 15.3. The first kappa shape index (κ1) is 16.9. The van der Waals surface area contributed by atoms with E-state index in [2.05, 4.69) is 25.6 Å². The molecule has 9 nitrogen and oxygen atoms in total. The van der Waals surface area contributed by atoms with E-state index in [0.29, 0.717) is 17.6 Å². The second-order valence-corrected chi connectivity index (χ2v) is 6.52. The van der Waals surface area contributed by atoms with Crippen molar-refractivity contribution in [2.75, 3.05) is 6.54 Å². The number of fused-ring (bicyclic) bond motifs is 1. The molecule has 0 amide bonds. The molecule has 2 aromatic carbocycles. The van der Waals surface area contributed by atoms with Gasteiger partial charge in [-0.15, -0.1) is 15.3 Å². The molecule has 10 heteroatoms. The van der Waals surface area contributed by atoms with Crippen LogP contribution in [0.1, 0.15) is 6.42 Å². The van der Waals surface area contributed by atoms with Gasteiger partial charge in [0.25, 0.3) is 10.1 Å². The van der Waals surface area contributed by atoms with Crippen molar-refractivity contribution in [2.24, 2.45) is 31.4 Å². The first-order valence-electron chi connectivity index (χ1n) is 7.26. The third-order valence-corrected chi connectivity index (χ3v) is 4.40. The van der Waals surface area contributed by atoms with Crippen LogP contribution in [-0.2, 0) is 10.1 Å². The van der Waals surface area contributed by atoms with Crippen molar-refractivity contribution in [1.82, 2.24) is 0 Å². The summed E-state index contributed by atoms with van der Waals surface area (Å²) in [6.45, 7) is 0.689. The van der Waals surface area contributed by atoms with Gasteiger partial charge in [-0.2, -0.15) is 8.42 Å². The molecule has 0 spiro atoms. The smallest absolute Gasteiger partial charge is 0.295 e. The van der Waals surface area contributed by atoms with Crippen molar-refractivity contribution < 1.29 is 13.0 Å². The number of allylic oxidation sites excluding steroid dienone is 1. The molecule has 3 rings (SSSR count). The van der Waals surface area contributed by atoms with E-state index in [9.17, 15) is 13.0 Å². The summed E-state index contributed by atoms with van der Waals surface area (Å²) < 4.78 is 33.0. The molecule has 2 aromatic rings. The van der Waals surface area contributed by atoms with Gasteiger partial charge in [0.05, 0.1) is 5.70 Å². The minimum absolute atomic E-state index is 0.111. The van der Waals surface area contributed by atoms with Crippen LogP contribution in [0, 0.1) is 0 Å². The van der Waals surface area contributed by atoms with Gasteiger partial charge >= 0.3 is 0 Å². The summed E-state index contributed by atoms with van der Waals surface area (Å²) >= 11 is 0. The molecule has 0 atom stereocenters. The largest absolute Gasteiger partial charge is 0.305 e. The van der Waals surface area contributed by atoms with Crippen LogP contribution in [0.4, 0.5) is 11.4 Å². The molecule has 128 valence electrons. The molecule has 0 fully saturated rings. The van der Waals surface area contributed by atoms with E-state index in [0.717, 1.165) is 6.42 Å². The molecule has 0 saturated carbocycles. The third kappa shape index (κ3) is 3.59. The van der Waals surface area contributed by atoms with Crippen LogP contribution in [0.25, 0.3) is 10.8 Å². The number of rotatable bonds is 4. The van der Waals surface area contributed by atoms with E-state index in [1.807, 2.05) is 6.08 Å². The number of nitrogens with zero attached hydrogens (tertiary/aromatic N) is 5. The molecule has 25 heavy (non-hydrogen) atoms. The predicted molar refractivity (Wildman–Crippen MR) is 93.0 cm³/mol. The Morgan fingerprint density at radius 3 is 2.52 bits per heavy atom. The highest BCUT2D eigenvalue weighted by atomic mass is 32.2. The zero-order valence-electron chi connectivity index (χ0n) is 12.9. The van der Waals surface area contributed by atoms with Gasteiger partial charge in [-0.1, -0.05) is 35.6 Å². The summed E-state index contributed by atoms with van der Waals surface area (Å²) in [6, 6.07) is 7.71. The van der Waals surface area contributed by atoms with Gasteiger partial charge in [0.15, 0.2) is 0 Å². The number of aliphatic imine (C=N–C) groups is 1. The average Bonchev–Trinajstić information content (AvgIpc) is 2.61. The van der Waals surface area contributed by atoms with Crippen molar-refractivity contribution in [3.05, 3.63) is 42.1 Å². The second-order valence-electron chi connectivity index (χ2n) is 5.13. The lowest BCUT2D eigenvalue weighted by molar-refractivity contribution is 0.484. The molecule has 0 unspecified atom stereocenters. The van der Waals surface area contributed by atoms with Crippen LogP contribution < -0.4 is 5.84 Å². The van der Waals surface area contributed by atoms with Gasteiger partial charge in [-0.25, -0.2) is 0 Å². The Morgan fingerprint density at radius 1 is 1.12 bits per heavy atom. The molecule has 1 aliphatic heterocycles. The van der Waals surface area contributed by atoms with Crippen LogP contribution in [0.3, 0.4) is 0 Å². The van der Waals surface area contributed by atoms with Crippen LogP contribution in [-0.4, -0.2) is 25.7 Å². The number of benzene rings is 2. The maximum Gasteiger partial charge on any atom is 0.295 e. The fourth-order valence-electron chi connectivity index (χ4n) is 2.44. The Balaban J connectivity index is 2.26. The quantitative estimate of drug-likeness (QED) is 0.373. The van der Waals surface area contributed by atoms with Crippen molar-refractivity contribution in [1.29, 1.82) is 0 Å². The van der Waals surface area contributed by atoms with Gasteiger partial charge in [0.1, 0.15) is 16.3 Å². The van der Waals surface area contributed by atoms with E-state index in [-0.39, 0.29) is 21.7 Å². The maximum absolute atomic E-state index is 11.7. The van der Waals surface area contributed by atoms with Crippen molar-refractivity contribution in [2.45, 2.75) is 11.3 Å². The van der Waals surface area contributed by atoms with Crippen LogP contribution in [0.2, 0.25) is 0 Å². The van der Waals surface area contributed by atoms with Crippen LogP contribution >= 0.6 is 0 Å². The zero-order chi connectivity index (χ0) is 17.9. The summed E-state index contributed by atoms with van der Waals surface area (Å²) in [7, 11) is -4.47. The molecule has 0 radical (unpaired) electrons. The molecule has 0 bridgehead atoms. The van der Waals surface area contributed by atoms with E-state index in [4.69, 9.17) is 5.84 Å². The number of nitrogens with two attached hydrogens (primary N) is 1. The van der Waals surface area contributed by atoms with E-state index < -0.39 is 10.1 Å². The number of hydrogen-bond donors (Lipinski definition) is 2. The minimum Gasteiger partial charge on any atom is -0.305 e. The second kappa shape index (κ2) is 6.87. The zero-order valence-corrected chi connectivity index (χ0v) is 13.8. The monoisotopic (exact) mass is 358 g/mol. The minimum atomic E-state index is -4.47. The van der Waals surface area contributed by atoms with E-state index >= 15 is 0 Å². The maximum atomic E-state index is 11.7. The molecule has 3 N–H and O–H groups in total. The number of azo groups is 1. The first-order chi connectivity index (χ1) is 12.0. The lowest BCUT2D eigenvalue weighted by Gasteiger charge is -2.09. The van der Waals surface area contributed by atoms with Gasteiger partial charge in [-0.3, -0.25) is 9.55 Å². The van der Waals surface area contributed by atoms with E-state index in [1.54, 1.807) is 30.5 Å². The fourth-order valence-corrected chi connectivity index (χ4v) is 3.16. The molecule has 1 heterocycles. The van der Waals surface area contributed by atoms with Gasteiger partial charge in [0, 0.05) is 23.5 Å². The van der Waals surface area contributed by atoms with Crippen molar-refractivity contribution in [3.63, 3.8) is 0 Å². The molecular weight excluding hydrogens is 344 g/mol. The highest BCUT2D eigenvalue weighted by molar-refractivity contribution is 7.86. The molecule has 1 aliphatic rings. The molecule has 0 aliphatic carbocycles. The SMILES string of the molecule is NN=Nc1c(N=NC2=CCCN=C2)cc(S(=O)(=O)O)c2ccccc12. The van der Waals surface area contributed by atoms with Crippen molar-refractivity contribution in [3.8, 4) is 0 Å². The summed E-state index contributed by atoms with van der Waals surface area (Å²) in [5.74, 6) is 5.17. The highest BCUT2D eigenvalue weighted by Gasteiger charge is 2.19. The number of hydrogen-bond acceptors (Lipinski definition) is 7. The Kier molecular flexibility index (Phi) is 4.63. The molecule has 0 saturated heterocycles. The van der Waals surface area contributed by atoms with Crippen molar-refractivity contribution >= 4 is 38.5 Å². The average molecular weight is 358 g/mol. The van der Waals surface area contributed by atoms with Crippen LogP contribution in [0.5, 0.6) is 0 Å². The number of dihydropyridines is 1. The van der Waals surface area contributed by atoms with Crippen LogP contribution in [0.15, 0.2) is 72.6 Å². The van der Waals surface area contributed by atoms with Gasteiger partial charge in [0.2, 0.25) is 0 Å². The Bertz CT molecular complexity index is 1040. The summed E-state index contributed by atoms with van der Waals surface area (Å²) in [4.78, 5) is 3.80. The highest BCUT2D eigenvalue weighted by Crippen LogP contribution is 2.40. The predicted octanol–water partition coefficient (Wildman–Crippen LogP) is 3.49. The Labute approximate surface area is 143 Å². The summed E-state index contributed by atoms with van der Waals surface area (Å²) in [6.07, 6.45) is 4.17. The van der Waals surface area contributed by atoms with Gasteiger partial charge < -0.3 is 5.84 Å². The first-order valence-corrected chi connectivity index (χ1v) is 8.70. The third-order valence-electron chi connectivity index (χ3n) is 3.50. The fraction of sp³-hybridized carbons (Fsp3) is 0.133. The standard InChI is InChI=1S/C15H14N6O3S/c16-21-20-15-12-6-2-1-5-11(12)14(25(22,23)24)8-13(15)19-18-10-4-3-7-17-9-10/h1-2,4-6,8-9H,3,7H2,(H2,16,20)(H,22,23,24). The Hall–Kier alpha value is -2.98. The molecule has 0 aromatic heterocycles.